The van der Waals surface area contributed by atoms with Gasteiger partial charge in [0.1, 0.15) is 0 Å². The number of benzene rings is 2. The zero-order valence-electron chi connectivity index (χ0n) is 16.8. The van der Waals surface area contributed by atoms with Gasteiger partial charge in [-0.15, -0.1) is 11.6 Å². The standard InChI is InChI=1S/C24H31ClO2/c1-17(25)24(26-15-23(2,3)16-27-24)22-14-13-19(18-9-5-4-6-10-18)20-11-7-8-12-21(20)22/h7-8,11-14,17-18H,4-6,9-10,15-16H2,1-3H3. The quantitative estimate of drug-likeness (QED) is 0.543. The topological polar surface area (TPSA) is 18.5 Å². The molecule has 0 spiro atoms. The molecule has 1 heterocycles. The summed E-state index contributed by atoms with van der Waals surface area (Å²) in [6, 6.07) is 13.2. The third-order valence-corrected chi connectivity index (χ3v) is 6.54. The summed E-state index contributed by atoms with van der Waals surface area (Å²) in [4.78, 5) is 0. The maximum atomic E-state index is 6.68. The van der Waals surface area contributed by atoms with Gasteiger partial charge in [0, 0.05) is 11.0 Å². The van der Waals surface area contributed by atoms with Crippen molar-refractivity contribution in [2.24, 2.45) is 5.41 Å². The van der Waals surface area contributed by atoms with Gasteiger partial charge in [0.15, 0.2) is 0 Å². The van der Waals surface area contributed by atoms with E-state index in [2.05, 4.69) is 50.2 Å². The van der Waals surface area contributed by atoms with Gasteiger partial charge in [-0.3, -0.25) is 0 Å². The van der Waals surface area contributed by atoms with Crippen molar-refractivity contribution in [2.45, 2.75) is 70.0 Å². The molecule has 0 amide bonds. The molecule has 2 aromatic rings. The maximum absolute atomic E-state index is 6.68. The summed E-state index contributed by atoms with van der Waals surface area (Å²) in [7, 11) is 0. The first-order chi connectivity index (χ1) is 12.9. The molecule has 3 heteroatoms. The Morgan fingerprint density at radius 3 is 2.19 bits per heavy atom. The lowest BCUT2D eigenvalue weighted by Gasteiger charge is -2.45. The Kier molecular flexibility index (Phi) is 5.26. The van der Waals surface area contributed by atoms with Gasteiger partial charge in [0.2, 0.25) is 5.79 Å². The molecule has 2 fully saturated rings. The van der Waals surface area contributed by atoms with Gasteiger partial charge in [-0.05, 0) is 42.0 Å². The van der Waals surface area contributed by atoms with Crippen LogP contribution in [-0.4, -0.2) is 18.6 Å². The second-order valence-electron chi connectivity index (χ2n) is 9.11. The van der Waals surface area contributed by atoms with Crippen LogP contribution in [0.5, 0.6) is 0 Å². The molecule has 1 aliphatic heterocycles. The lowest BCUT2D eigenvalue weighted by Crippen LogP contribution is -2.50. The molecule has 1 saturated heterocycles. The van der Waals surface area contributed by atoms with E-state index in [0.29, 0.717) is 19.1 Å². The van der Waals surface area contributed by atoms with E-state index in [0.717, 1.165) is 5.56 Å². The molecule has 0 aromatic heterocycles. The van der Waals surface area contributed by atoms with Crippen molar-refractivity contribution in [3.63, 3.8) is 0 Å². The van der Waals surface area contributed by atoms with Gasteiger partial charge in [0.25, 0.3) is 0 Å². The largest absolute Gasteiger partial charge is 0.344 e. The molecular weight excluding hydrogens is 356 g/mol. The summed E-state index contributed by atoms with van der Waals surface area (Å²) >= 11 is 6.68. The van der Waals surface area contributed by atoms with Crippen LogP contribution in [0.4, 0.5) is 0 Å². The predicted octanol–water partition coefficient (Wildman–Crippen LogP) is 6.74. The Morgan fingerprint density at radius 1 is 0.926 bits per heavy atom. The molecule has 146 valence electrons. The van der Waals surface area contributed by atoms with Crippen molar-refractivity contribution in [1.29, 1.82) is 0 Å². The minimum atomic E-state index is -0.887. The molecule has 0 bridgehead atoms. The molecule has 4 rings (SSSR count). The first kappa shape index (κ1) is 19.2. The fourth-order valence-corrected chi connectivity index (χ4v) is 4.93. The second-order valence-corrected chi connectivity index (χ2v) is 9.76. The van der Waals surface area contributed by atoms with Crippen LogP contribution in [0.1, 0.15) is 69.9 Å². The number of hydrogen-bond donors (Lipinski definition) is 0. The Hall–Kier alpha value is -1.09. The highest BCUT2D eigenvalue weighted by Gasteiger charge is 2.46. The molecule has 2 aromatic carbocycles. The number of fused-ring (bicyclic) bond motifs is 1. The molecule has 1 unspecified atom stereocenters. The van der Waals surface area contributed by atoms with Crippen LogP contribution in [-0.2, 0) is 15.3 Å². The van der Waals surface area contributed by atoms with Gasteiger partial charge in [-0.25, -0.2) is 0 Å². The van der Waals surface area contributed by atoms with Crippen LogP contribution in [0, 0.1) is 5.41 Å². The van der Waals surface area contributed by atoms with E-state index in [1.807, 2.05) is 6.92 Å². The lowest BCUT2D eigenvalue weighted by atomic mass is 9.80. The predicted molar refractivity (Wildman–Crippen MR) is 112 cm³/mol. The van der Waals surface area contributed by atoms with Crippen LogP contribution >= 0.6 is 11.6 Å². The molecule has 2 nitrogen and oxygen atoms in total. The van der Waals surface area contributed by atoms with Crippen molar-refractivity contribution in [3.05, 3.63) is 47.5 Å². The van der Waals surface area contributed by atoms with Crippen molar-refractivity contribution >= 4 is 22.4 Å². The highest BCUT2D eigenvalue weighted by atomic mass is 35.5. The Bertz CT molecular complexity index is 795. The Morgan fingerprint density at radius 2 is 1.56 bits per heavy atom. The first-order valence-corrected chi connectivity index (χ1v) is 10.8. The van der Waals surface area contributed by atoms with Gasteiger partial charge >= 0.3 is 0 Å². The first-order valence-electron chi connectivity index (χ1n) is 10.4. The minimum Gasteiger partial charge on any atom is -0.344 e. The fourth-order valence-electron chi connectivity index (χ4n) is 4.68. The van der Waals surface area contributed by atoms with E-state index >= 15 is 0 Å². The fraction of sp³-hybridized carbons (Fsp3) is 0.583. The minimum absolute atomic E-state index is 0.00706. The summed E-state index contributed by atoms with van der Waals surface area (Å²) in [5.41, 5.74) is 2.55. The highest BCUT2D eigenvalue weighted by Crippen LogP contribution is 2.45. The smallest absolute Gasteiger partial charge is 0.212 e. The van der Waals surface area contributed by atoms with Gasteiger partial charge in [0.05, 0.1) is 18.6 Å². The molecule has 2 aliphatic rings. The summed E-state index contributed by atoms with van der Waals surface area (Å²) in [6.07, 6.45) is 6.63. The summed E-state index contributed by atoms with van der Waals surface area (Å²) in [5.74, 6) is -0.226. The van der Waals surface area contributed by atoms with E-state index in [1.165, 1.54) is 48.4 Å². The summed E-state index contributed by atoms with van der Waals surface area (Å²) in [6.45, 7) is 7.59. The number of ether oxygens (including phenoxy) is 2. The van der Waals surface area contributed by atoms with Gasteiger partial charge in [-0.1, -0.05) is 69.5 Å². The van der Waals surface area contributed by atoms with Crippen LogP contribution in [0.3, 0.4) is 0 Å². The molecule has 1 aliphatic carbocycles. The number of halogens is 1. The Balaban J connectivity index is 1.82. The molecule has 1 atom stereocenters. The monoisotopic (exact) mass is 386 g/mol. The van der Waals surface area contributed by atoms with E-state index in [1.54, 1.807) is 0 Å². The number of hydrogen-bond acceptors (Lipinski definition) is 2. The summed E-state index contributed by atoms with van der Waals surface area (Å²) in [5, 5.41) is 2.26. The van der Waals surface area contributed by atoms with E-state index in [4.69, 9.17) is 21.1 Å². The second kappa shape index (κ2) is 7.39. The molecule has 0 N–H and O–H groups in total. The van der Waals surface area contributed by atoms with E-state index in [-0.39, 0.29) is 10.8 Å². The van der Waals surface area contributed by atoms with Crippen LogP contribution in [0.2, 0.25) is 0 Å². The van der Waals surface area contributed by atoms with Gasteiger partial charge in [-0.2, -0.15) is 0 Å². The van der Waals surface area contributed by atoms with Crippen molar-refractivity contribution < 1.29 is 9.47 Å². The summed E-state index contributed by atoms with van der Waals surface area (Å²) < 4.78 is 12.7. The average Bonchev–Trinajstić information content (AvgIpc) is 2.68. The van der Waals surface area contributed by atoms with Crippen LogP contribution in [0.25, 0.3) is 10.8 Å². The number of alkyl halides is 1. The van der Waals surface area contributed by atoms with E-state index < -0.39 is 5.79 Å². The zero-order valence-corrected chi connectivity index (χ0v) is 17.5. The average molecular weight is 387 g/mol. The van der Waals surface area contributed by atoms with E-state index in [9.17, 15) is 0 Å². The molecule has 0 radical (unpaired) electrons. The van der Waals surface area contributed by atoms with Crippen molar-refractivity contribution in [2.75, 3.05) is 13.2 Å². The highest BCUT2D eigenvalue weighted by molar-refractivity contribution is 6.21. The van der Waals surface area contributed by atoms with Crippen molar-refractivity contribution in [1.82, 2.24) is 0 Å². The third-order valence-electron chi connectivity index (χ3n) is 6.26. The molecular formula is C24H31ClO2. The lowest BCUT2D eigenvalue weighted by molar-refractivity contribution is -0.306. The van der Waals surface area contributed by atoms with Crippen LogP contribution < -0.4 is 0 Å². The Labute approximate surface area is 168 Å². The SMILES string of the molecule is CC(Cl)C1(c2ccc(C3CCCCC3)c3ccccc23)OCC(C)(C)CO1. The molecule has 27 heavy (non-hydrogen) atoms. The maximum Gasteiger partial charge on any atom is 0.212 e. The zero-order chi connectivity index (χ0) is 19.1. The van der Waals surface area contributed by atoms with Crippen LogP contribution in [0.15, 0.2) is 36.4 Å². The van der Waals surface area contributed by atoms with Crippen molar-refractivity contribution in [3.8, 4) is 0 Å². The molecule has 1 saturated carbocycles. The third kappa shape index (κ3) is 3.52. The number of rotatable bonds is 3. The normalized spacial score (nSPS) is 24.0. The van der Waals surface area contributed by atoms with Gasteiger partial charge < -0.3 is 9.47 Å².